The topological polar surface area (TPSA) is 85.7 Å². The molecule has 0 radical (unpaired) electrons. The Bertz CT molecular complexity index is 555. The van der Waals surface area contributed by atoms with Crippen LogP contribution in [-0.2, 0) is 25.6 Å². The minimum Gasteiger partial charge on any atom is -0.378 e. The van der Waals surface area contributed by atoms with E-state index in [1.807, 2.05) is 0 Å². The lowest BCUT2D eigenvalue weighted by atomic mass is 10.4. The molecule has 1 aromatic heterocycles. The van der Waals surface area contributed by atoms with E-state index < -0.39 is 18.9 Å². The highest BCUT2D eigenvalue weighted by molar-refractivity contribution is 5.91. The number of morpholine rings is 1. The van der Waals surface area contributed by atoms with Crippen LogP contribution < -0.4 is 5.32 Å². The summed E-state index contributed by atoms with van der Waals surface area (Å²) in [5, 5.41) is 6.07. The first-order valence-electron chi connectivity index (χ1n) is 6.72. The molecule has 0 aliphatic carbocycles. The Kier molecular flexibility index (Phi) is 5.55. The van der Waals surface area contributed by atoms with E-state index in [1.54, 1.807) is 4.90 Å². The number of aromatic nitrogens is 2. The van der Waals surface area contributed by atoms with Crippen LogP contribution >= 0.6 is 0 Å². The number of alkyl halides is 3. The third kappa shape index (κ3) is 5.87. The van der Waals surface area contributed by atoms with Gasteiger partial charge in [-0.2, -0.15) is 5.10 Å². The summed E-state index contributed by atoms with van der Waals surface area (Å²) in [6, 6.07) is 0. The lowest BCUT2D eigenvalue weighted by Gasteiger charge is -2.26. The second-order valence-corrected chi connectivity index (χ2v) is 4.70. The van der Waals surface area contributed by atoms with Gasteiger partial charge < -0.3 is 15.0 Å². The first-order valence-corrected chi connectivity index (χ1v) is 6.72. The summed E-state index contributed by atoms with van der Waals surface area (Å²) in [5.41, 5.74) is 0.176. The maximum Gasteiger partial charge on any atom is 0.523 e. The van der Waals surface area contributed by atoms with Crippen LogP contribution in [0.5, 0.6) is 0 Å². The quantitative estimate of drug-likeness (QED) is 0.831. The van der Waals surface area contributed by atoms with Gasteiger partial charge in [0.2, 0.25) is 5.91 Å². The normalized spacial score (nSPS) is 15.5. The fourth-order valence-corrected chi connectivity index (χ4v) is 1.91. The Morgan fingerprint density at radius 1 is 1.35 bits per heavy atom. The Morgan fingerprint density at radius 2 is 2.04 bits per heavy atom. The molecule has 1 aromatic rings. The van der Waals surface area contributed by atoms with Gasteiger partial charge in [-0.1, -0.05) is 0 Å². The zero-order valence-electron chi connectivity index (χ0n) is 12.0. The number of hydrogen-bond acceptors (Lipinski definition) is 5. The fourth-order valence-electron chi connectivity index (χ4n) is 1.91. The number of ether oxygens (including phenoxy) is 2. The van der Waals surface area contributed by atoms with E-state index in [0.29, 0.717) is 26.3 Å². The zero-order chi connectivity index (χ0) is 16.9. The van der Waals surface area contributed by atoms with Crippen molar-refractivity contribution in [2.45, 2.75) is 12.9 Å². The largest absolute Gasteiger partial charge is 0.523 e. The first-order chi connectivity index (χ1) is 10.8. The van der Waals surface area contributed by atoms with Gasteiger partial charge >= 0.3 is 6.36 Å². The van der Waals surface area contributed by atoms with E-state index in [4.69, 9.17) is 4.74 Å². The van der Waals surface area contributed by atoms with E-state index >= 15 is 0 Å². The summed E-state index contributed by atoms with van der Waals surface area (Å²) in [6.07, 6.45) is -2.28. The second kappa shape index (κ2) is 7.42. The molecule has 2 rings (SSSR count). The highest BCUT2D eigenvalue weighted by Crippen LogP contribution is 2.16. The molecule has 2 amide bonds. The molecule has 0 aromatic carbocycles. The third-order valence-electron chi connectivity index (χ3n) is 2.94. The van der Waals surface area contributed by atoms with Crippen molar-refractivity contribution < 1.29 is 32.2 Å². The van der Waals surface area contributed by atoms with Crippen LogP contribution in [0.4, 0.5) is 18.9 Å². The monoisotopic (exact) mass is 336 g/mol. The number of carbonyl (C=O) groups is 2. The van der Waals surface area contributed by atoms with Gasteiger partial charge in [-0.3, -0.25) is 19.0 Å². The summed E-state index contributed by atoms with van der Waals surface area (Å²) in [4.78, 5) is 24.9. The molecular formula is C12H15F3N4O4. The van der Waals surface area contributed by atoms with Crippen LogP contribution in [-0.4, -0.2) is 65.8 Å². The van der Waals surface area contributed by atoms with Gasteiger partial charge in [-0.25, -0.2) is 0 Å². The maximum atomic E-state index is 12.0. The second-order valence-electron chi connectivity index (χ2n) is 4.70. The SMILES string of the molecule is O=C(COC(F)(F)F)Nc1cnn(CC(=O)N2CCOCC2)c1. The lowest BCUT2D eigenvalue weighted by Crippen LogP contribution is -2.42. The van der Waals surface area contributed by atoms with E-state index in [0.717, 1.165) is 0 Å². The number of carbonyl (C=O) groups excluding carboxylic acids is 2. The minimum absolute atomic E-state index is 0.0328. The van der Waals surface area contributed by atoms with E-state index in [2.05, 4.69) is 15.2 Å². The fraction of sp³-hybridized carbons (Fsp3) is 0.583. The van der Waals surface area contributed by atoms with Crippen molar-refractivity contribution in [2.75, 3.05) is 38.2 Å². The molecule has 128 valence electrons. The molecule has 8 nitrogen and oxygen atoms in total. The van der Waals surface area contributed by atoms with Crippen LogP contribution in [0, 0.1) is 0 Å². The van der Waals surface area contributed by atoms with Crippen LogP contribution in [0.1, 0.15) is 0 Å². The predicted molar refractivity (Wildman–Crippen MR) is 70.3 cm³/mol. The van der Waals surface area contributed by atoms with Crippen molar-refractivity contribution >= 4 is 17.5 Å². The molecule has 23 heavy (non-hydrogen) atoms. The van der Waals surface area contributed by atoms with Crippen molar-refractivity contribution in [3.8, 4) is 0 Å². The smallest absolute Gasteiger partial charge is 0.378 e. The van der Waals surface area contributed by atoms with E-state index in [9.17, 15) is 22.8 Å². The van der Waals surface area contributed by atoms with E-state index in [-0.39, 0.29) is 18.1 Å². The van der Waals surface area contributed by atoms with Gasteiger partial charge in [0.05, 0.1) is 25.1 Å². The van der Waals surface area contributed by atoms with Crippen molar-refractivity contribution in [3.05, 3.63) is 12.4 Å². The van der Waals surface area contributed by atoms with Gasteiger partial charge in [0, 0.05) is 19.3 Å². The molecule has 1 aliphatic heterocycles. The van der Waals surface area contributed by atoms with Crippen LogP contribution in [0.25, 0.3) is 0 Å². The Hall–Kier alpha value is -2.14. The molecular weight excluding hydrogens is 321 g/mol. The molecule has 1 aliphatic rings. The highest BCUT2D eigenvalue weighted by Gasteiger charge is 2.30. The maximum absolute atomic E-state index is 12.0. The summed E-state index contributed by atoms with van der Waals surface area (Å²) in [7, 11) is 0. The molecule has 1 saturated heterocycles. The average molecular weight is 336 g/mol. The number of halogens is 3. The zero-order valence-corrected chi connectivity index (χ0v) is 12.0. The molecule has 1 fully saturated rings. The number of anilines is 1. The minimum atomic E-state index is -4.87. The standard InChI is InChI=1S/C12H15F3N4O4/c13-12(14,15)23-8-10(20)17-9-5-16-19(6-9)7-11(21)18-1-3-22-4-2-18/h5-6H,1-4,7-8H2,(H,17,20). The average Bonchev–Trinajstić information content (AvgIpc) is 2.92. The molecule has 0 atom stereocenters. The Balaban J connectivity index is 1.80. The summed E-state index contributed by atoms with van der Waals surface area (Å²) < 4.78 is 45.3. The number of amides is 2. The first kappa shape index (κ1) is 17.2. The van der Waals surface area contributed by atoms with E-state index in [1.165, 1.54) is 17.1 Å². The van der Waals surface area contributed by atoms with Gasteiger partial charge in [-0.15, -0.1) is 13.2 Å². The Morgan fingerprint density at radius 3 is 2.70 bits per heavy atom. The molecule has 0 bridgehead atoms. The molecule has 0 unspecified atom stereocenters. The van der Waals surface area contributed by atoms with Crippen LogP contribution in [0.3, 0.4) is 0 Å². The van der Waals surface area contributed by atoms with Crippen molar-refractivity contribution in [3.63, 3.8) is 0 Å². The lowest BCUT2D eigenvalue weighted by molar-refractivity contribution is -0.320. The Labute approximate surface area is 129 Å². The van der Waals surface area contributed by atoms with Crippen molar-refractivity contribution in [2.24, 2.45) is 0 Å². The van der Waals surface area contributed by atoms with Gasteiger partial charge in [-0.05, 0) is 0 Å². The van der Waals surface area contributed by atoms with Gasteiger partial charge in [0.15, 0.2) is 0 Å². The molecule has 0 saturated carbocycles. The summed E-state index contributed by atoms with van der Waals surface area (Å²) in [5.74, 6) is -1.13. The summed E-state index contributed by atoms with van der Waals surface area (Å²) in [6.45, 7) is 0.768. The predicted octanol–water partition coefficient (Wildman–Crippen LogP) is 0.217. The van der Waals surface area contributed by atoms with Crippen molar-refractivity contribution in [1.29, 1.82) is 0 Å². The number of rotatable bonds is 5. The van der Waals surface area contributed by atoms with Gasteiger partial charge in [0.1, 0.15) is 13.2 Å². The highest BCUT2D eigenvalue weighted by atomic mass is 19.4. The summed E-state index contributed by atoms with van der Waals surface area (Å²) >= 11 is 0. The molecule has 2 heterocycles. The van der Waals surface area contributed by atoms with Crippen LogP contribution in [0.15, 0.2) is 12.4 Å². The number of nitrogens with zero attached hydrogens (tertiary/aromatic N) is 3. The molecule has 11 heteroatoms. The molecule has 0 spiro atoms. The van der Waals surface area contributed by atoms with Crippen molar-refractivity contribution in [1.82, 2.24) is 14.7 Å². The number of nitrogens with one attached hydrogen (secondary N) is 1. The third-order valence-corrected chi connectivity index (χ3v) is 2.94. The van der Waals surface area contributed by atoms with Gasteiger partial charge in [0.25, 0.3) is 5.91 Å². The van der Waals surface area contributed by atoms with Crippen LogP contribution in [0.2, 0.25) is 0 Å². The molecule has 1 N–H and O–H groups in total. The number of hydrogen-bond donors (Lipinski definition) is 1.